The molecule has 2 aromatic heterocycles. The number of anilines is 1. The molecule has 0 aliphatic carbocycles. The number of halogens is 1. The highest BCUT2D eigenvalue weighted by molar-refractivity contribution is 9.10. The van der Waals surface area contributed by atoms with Crippen molar-refractivity contribution >= 4 is 93.4 Å². The van der Waals surface area contributed by atoms with E-state index in [1.54, 1.807) is 19.1 Å². The smallest absolute Gasteiger partial charge is 0.362 e. The molecule has 4 rings (SSSR count). The van der Waals surface area contributed by atoms with Gasteiger partial charge < -0.3 is 75.2 Å². The minimum Gasteiger partial charge on any atom is -0.481 e. The maximum absolute atomic E-state index is 14.1. The second-order valence-electron chi connectivity index (χ2n) is 21.8. The third-order valence-electron chi connectivity index (χ3n) is 14.3. The van der Waals surface area contributed by atoms with E-state index >= 15 is 0 Å². The Labute approximate surface area is 526 Å². The highest BCUT2D eigenvalue weighted by atomic mass is 79.9. The van der Waals surface area contributed by atoms with Crippen molar-refractivity contribution in [1.29, 1.82) is 0 Å². The average Bonchev–Trinajstić information content (AvgIpc) is 1.76. The number of ether oxygens (including phenoxy) is 5. The number of pyridine rings is 1. The van der Waals surface area contributed by atoms with Crippen LogP contribution in [-0.2, 0) is 68.4 Å². The third kappa shape index (κ3) is 31.2. The number of ketones is 1. The molecule has 0 unspecified atom stereocenters. The first-order chi connectivity index (χ1) is 42.6. The number of rotatable bonds is 48. The number of hydrogen-bond donors (Lipinski definition) is 9. The summed E-state index contributed by atoms with van der Waals surface area (Å²) in [6.07, 6.45) is 14.4. The zero-order valence-electron chi connectivity index (χ0n) is 51.0. The molecule has 0 bridgehead atoms. The lowest BCUT2D eigenvalue weighted by molar-refractivity contribution is -0.142. The van der Waals surface area contributed by atoms with E-state index in [0.717, 1.165) is 51.4 Å². The fourth-order valence-corrected chi connectivity index (χ4v) is 10.3. The number of aryl methyl sites for hydroxylation is 1. The van der Waals surface area contributed by atoms with Crippen LogP contribution >= 0.6 is 23.5 Å². The van der Waals surface area contributed by atoms with Gasteiger partial charge in [-0.25, -0.2) is 9.78 Å². The minimum atomic E-state index is -4.53. The number of hydrogen-bond acceptors (Lipinski definition) is 17. The maximum Gasteiger partial charge on any atom is 0.362 e. The van der Waals surface area contributed by atoms with Crippen molar-refractivity contribution in [3.63, 3.8) is 0 Å². The highest BCUT2D eigenvalue weighted by Gasteiger charge is 2.40. The number of carbonyl (C=O) groups is 9. The number of amides is 6. The SMILES string of the molecule is CC(=O)c1nn(CC(=O)N2C[C@@H](CNC(=O)COCCOCCNC(=O)COCCOCCNC(=O)CC[C@H](NC(=O)CCCCCCCCCCCCCCCCC(=O)O)C(=O)O)C[C@H]2C(=O)Nc2nc(Br)ccc2C)c2cc(OCP(=O)(O)O)ccc12. The normalized spacial score (nSPS) is 14.3. The Morgan fingerprint density at radius 2 is 1.26 bits per heavy atom. The van der Waals surface area contributed by atoms with Crippen LogP contribution in [0.4, 0.5) is 5.82 Å². The number of benzene rings is 1. The number of carboxylic acids is 2. The zero-order valence-corrected chi connectivity index (χ0v) is 53.5. The van der Waals surface area contributed by atoms with Gasteiger partial charge in [0.1, 0.15) is 53.7 Å². The van der Waals surface area contributed by atoms with Gasteiger partial charge in [-0.3, -0.25) is 47.6 Å². The first-order valence-corrected chi connectivity index (χ1v) is 33.0. The number of aromatic nitrogens is 3. The number of carbonyl (C=O) groups excluding carboxylic acids is 7. The highest BCUT2D eigenvalue weighted by Crippen LogP contribution is 2.35. The lowest BCUT2D eigenvalue weighted by Gasteiger charge is -2.24. The molecule has 1 fully saturated rings. The number of likely N-dealkylation sites (tertiary alicyclic amines) is 1. The molecule has 3 heterocycles. The average molecular weight is 1340 g/mol. The summed E-state index contributed by atoms with van der Waals surface area (Å²) in [6, 6.07) is 5.62. The number of fused-ring (bicyclic) bond motifs is 1. The summed E-state index contributed by atoms with van der Waals surface area (Å²) in [5, 5.41) is 36.4. The molecule has 1 aliphatic rings. The van der Waals surface area contributed by atoms with Crippen LogP contribution in [0.15, 0.2) is 34.9 Å². The molecule has 0 radical (unpaired) electrons. The van der Waals surface area contributed by atoms with E-state index in [-0.39, 0.29) is 158 Å². The van der Waals surface area contributed by atoms with Crippen LogP contribution in [0.5, 0.6) is 5.75 Å². The predicted octanol–water partition coefficient (Wildman–Crippen LogP) is 5.17. The van der Waals surface area contributed by atoms with Gasteiger partial charge in [0.05, 0.1) is 45.2 Å². The molecule has 0 spiro atoms. The van der Waals surface area contributed by atoms with Crippen LogP contribution in [-0.4, -0.2) is 190 Å². The summed E-state index contributed by atoms with van der Waals surface area (Å²) in [5.41, 5.74) is 1.00. The van der Waals surface area contributed by atoms with Gasteiger partial charge in [0.15, 0.2) is 12.1 Å². The molecule has 9 N–H and O–H groups in total. The Kier molecular flexibility index (Phi) is 35.2. The van der Waals surface area contributed by atoms with Gasteiger partial charge >= 0.3 is 19.5 Å². The summed E-state index contributed by atoms with van der Waals surface area (Å²) in [5.74, 6) is -5.00. The van der Waals surface area contributed by atoms with E-state index < -0.39 is 68.0 Å². The number of unbranched alkanes of at least 4 members (excludes halogenated alkanes) is 13. The second-order valence-corrected chi connectivity index (χ2v) is 24.2. The predicted molar refractivity (Wildman–Crippen MR) is 329 cm³/mol. The van der Waals surface area contributed by atoms with Crippen LogP contribution in [0.3, 0.4) is 0 Å². The van der Waals surface area contributed by atoms with Gasteiger partial charge in [-0.15, -0.1) is 0 Å². The van der Waals surface area contributed by atoms with Gasteiger partial charge in [0.25, 0.3) is 0 Å². The standard InChI is InChI=1S/C59H89BrN9O19P/c1-41-19-23-49(60)65-57(41)66-58(78)48-33-43(36-68(48)54(75)37-69-47-34-44(88-40-89(81,82)83)20-21-45(47)56(67-69)42(2)70)35-63-53(74)39-87-32-30-85-28-26-62-52(73)38-86-31-29-84-27-25-61-50(71)24-22-46(59(79)80)64-51(72)17-15-13-11-9-7-5-3-4-6-8-10-12-14-16-18-55(76)77/h19-21,23,34,43,46,48H,3-18,22,24-33,35-40H2,1-2H3,(H,61,71)(H,62,73)(H,63,74)(H,64,72)(H,76,77)(H,79,80)(H,65,66,78)(H2,81,82,83)/t43-,46+,48+/m1/s1. The molecule has 1 saturated heterocycles. The van der Waals surface area contributed by atoms with Crippen LogP contribution < -0.4 is 31.3 Å². The van der Waals surface area contributed by atoms with Crippen LogP contribution in [0.1, 0.15) is 145 Å². The molecule has 30 heteroatoms. The molecule has 1 aliphatic heterocycles. The Bertz CT molecular complexity index is 2820. The fourth-order valence-electron chi connectivity index (χ4n) is 9.65. The number of Topliss-reactive ketones (excluding diaryl/α,β-unsaturated/α-hetero) is 1. The second kappa shape index (κ2) is 41.8. The Morgan fingerprint density at radius 1 is 0.697 bits per heavy atom. The topological polar surface area (TPSA) is 392 Å². The molecular weight excluding hydrogens is 1250 g/mol. The van der Waals surface area contributed by atoms with Crippen LogP contribution in [0, 0.1) is 12.8 Å². The quantitative estimate of drug-likeness (QED) is 0.0152. The van der Waals surface area contributed by atoms with Crippen molar-refractivity contribution in [1.82, 2.24) is 40.9 Å². The maximum atomic E-state index is 14.1. The van der Waals surface area contributed by atoms with Crippen LogP contribution in [0.25, 0.3) is 10.9 Å². The van der Waals surface area contributed by atoms with Crippen molar-refractivity contribution in [3.05, 3.63) is 46.2 Å². The molecule has 496 valence electrons. The molecule has 89 heavy (non-hydrogen) atoms. The summed E-state index contributed by atoms with van der Waals surface area (Å²) < 4.78 is 40.2. The van der Waals surface area contributed by atoms with Gasteiger partial charge in [-0.1, -0.05) is 83.1 Å². The summed E-state index contributed by atoms with van der Waals surface area (Å²) in [4.78, 5) is 137. The largest absolute Gasteiger partial charge is 0.481 e. The minimum absolute atomic E-state index is 0.0529. The molecule has 6 amide bonds. The fraction of sp³-hybridized carbons (Fsp3) is 0.644. The van der Waals surface area contributed by atoms with E-state index in [9.17, 15) is 62.6 Å². The van der Waals surface area contributed by atoms with Gasteiger partial charge in [-0.2, -0.15) is 5.10 Å². The summed E-state index contributed by atoms with van der Waals surface area (Å²) >= 11 is 3.31. The third-order valence-corrected chi connectivity index (χ3v) is 15.2. The van der Waals surface area contributed by atoms with Gasteiger partial charge in [0.2, 0.25) is 35.4 Å². The van der Waals surface area contributed by atoms with E-state index in [0.29, 0.717) is 22.0 Å². The van der Waals surface area contributed by atoms with E-state index in [1.807, 2.05) is 0 Å². The lowest BCUT2D eigenvalue weighted by Crippen LogP contribution is -2.44. The summed E-state index contributed by atoms with van der Waals surface area (Å²) in [6.45, 7) is 3.35. The van der Waals surface area contributed by atoms with Crippen molar-refractivity contribution in [2.45, 2.75) is 154 Å². The van der Waals surface area contributed by atoms with E-state index in [1.165, 1.54) is 66.8 Å². The van der Waals surface area contributed by atoms with Crippen molar-refractivity contribution in [3.8, 4) is 5.75 Å². The zero-order chi connectivity index (χ0) is 65.0. The van der Waals surface area contributed by atoms with Crippen LogP contribution in [0.2, 0.25) is 0 Å². The molecular formula is C59H89BrN9O19P. The first kappa shape index (κ1) is 75.0. The Morgan fingerprint density at radius 3 is 1.83 bits per heavy atom. The monoisotopic (exact) mass is 1340 g/mol. The van der Waals surface area contributed by atoms with E-state index in [4.69, 9.17) is 28.8 Å². The number of aliphatic carboxylic acids is 2. The van der Waals surface area contributed by atoms with Crippen molar-refractivity contribution in [2.24, 2.45) is 5.92 Å². The first-order valence-electron chi connectivity index (χ1n) is 30.4. The molecule has 3 aromatic rings. The molecule has 1 aromatic carbocycles. The lowest BCUT2D eigenvalue weighted by atomic mass is 10.0. The van der Waals surface area contributed by atoms with Gasteiger partial charge in [0, 0.05) is 63.8 Å². The number of carboxylic acid groups (broad SMARTS) is 2. The Balaban J connectivity index is 1.01. The summed E-state index contributed by atoms with van der Waals surface area (Å²) in [7, 11) is -4.53. The number of nitrogens with zero attached hydrogens (tertiary/aromatic N) is 4. The number of nitrogens with one attached hydrogen (secondary N) is 5. The molecule has 0 saturated carbocycles. The van der Waals surface area contributed by atoms with E-state index in [2.05, 4.69) is 52.6 Å². The Hall–Kier alpha value is -6.46. The van der Waals surface area contributed by atoms with Crippen molar-refractivity contribution < 1.29 is 91.4 Å². The van der Waals surface area contributed by atoms with Gasteiger partial charge in [-0.05, 0) is 78.2 Å². The molecule has 28 nitrogen and oxygen atoms in total. The molecule has 3 atom stereocenters. The van der Waals surface area contributed by atoms with Crippen molar-refractivity contribution in [2.75, 3.05) is 90.7 Å².